The third-order valence-electron chi connectivity index (χ3n) is 3.96. The van der Waals surface area contributed by atoms with Crippen LogP contribution >= 0.6 is 0 Å². The molecule has 1 aromatic heterocycles. The fourth-order valence-corrected chi connectivity index (χ4v) is 2.65. The van der Waals surface area contributed by atoms with Gasteiger partial charge >= 0.3 is 5.97 Å². The lowest BCUT2D eigenvalue weighted by Gasteiger charge is -2.13. The summed E-state index contributed by atoms with van der Waals surface area (Å²) in [5.74, 6) is -0.586. The van der Waals surface area contributed by atoms with Gasteiger partial charge in [-0.05, 0) is 24.5 Å². The molecular formula is C18H23NO2. The molecule has 2 aromatic rings. The third kappa shape index (κ3) is 3.81. The van der Waals surface area contributed by atoms with Gasteiger partial charge in [-0.25, -0.2) is 4.79 Å². The topological polar surface area (TPSA) is 50.2 Å². The van der Waals surface area contributed by atoms with Gasteiger partial charge in [0.2, 0.25) is 0 Å². The van der Waals surface area contributed by atoms with Crippen molar-refractivity contribution in [3.8, 4) is 0 Å². The van der Waals surface area contributed by atoms with Crippen LogP contribution in [-0.2, 0) is 0 Å². The van der Waals surface area contributed by atoms with Crippen LogP contribution in [0, 0.1) is 0 Å². The van der Waals surface area contributed by atoms with Crippen molar-refractivity contribution in [2.45, 2.75) is 51.9 Å². The molecule has 0 spiro atoms. The van der Waals surface area contributed by atoms with Crippen molar-refractivity contribution < 1.29 is 9.90 Å². The van der Waals surface area contributed by atoms with Gasteiger partial charge < -0.3 is 5.11 Å². The highest BCUT2D eigenvalue weighted by Crippen LogP contribution is 2.25. The Bertz CT molecular complexity index is 622. The van der Waals surface area contributed by atoms with Crippen LogP contribution in [0.25, 0.3) is 10.9 Å². The maximum Gasteiger partial charge on any atom is 0.336 e. The molecule has 0 saturated carbocycles. The highest BCUT2D eigenvalue weighted by molar-refractivity contribution is 6.02. The number of para-hydroxylation sites is 1. The quantitative estimate of drug-likeness (QED) is 0.728. The minimum Gasteiger partial charge on any atom is -0.478 e. The Morgan fingerprint density at radius 3 is 2.71 bits per heavy atom. The molecule has 21 heavy (non-hydrogen) atoms. The number of aromatic carboxylic acids is 1. The summed E-state index contributed by atoms with van der Waals surface area (Å²) < 4.78 is 0. The second-order valence-electron chi connectivity index (χ2n) is 5.67. The number of hydrogen-bond donors (Lipinski definition) is 1. The molecule has 0 aliphatic heterocycles. The van der Waals surface area contributed by atoms with Gasteiger partial charge in [-0.2, -0.15) is 0 Å². The summed E-state index contributed by atoms with van der Waals surface area (Å²) in [5, 5.41) is 10.1. The van der Waals surface area contributed by atoms with E-state index in [0.29, 0.717) is 16.9 Å². The van der Waals surface area contributed by atoms with E-state index < -0.39 is 5.97 Å². The van der Waals surface area contributed by atoms with Gasteiger partial charge in [-0.1, -0.05) is 57.7 Å². The first-order valence-corrected chi connectivity index (χ1v) is 7.76. The summed E-state index contributed by atoms with van der Waals surface area (Å²) in [6.45, 7) is 4.34. The van der Waals surface area contributed by atoms with Crippen LogP contribution in [0.2, 0.25) is 0 Å². The highest BCUT2D eigenvalue weighted by atomic mass is 16.4. The van der Waals surface area contributed by atoms with Gasteiger partial charge in [-0.15, -0.1) is 0 Å². The molecule has 1 atom stereocenters. The van der Waals surface area contributed by atoms with Crippen molar-refractivity contribution >= 4 is 16.9 Å². The Morgan fingerprint density at radius 1 is 1.24 bits per heavy atom. The first-order chi connectivity index (χ1) is 10.1. The summed E-state index contributed by atoms with van der Waals surface area (Å²) >= 11 is 0. The second kappa shape index (κ2) is 7.21. The van der Waals surface area contributed by atoms with Crippen molar-refractivity contribution in [2.24, 2.45) is 0 Å². The zero-order valence-electron chi connectivity index (χ0n) is 12.8. The van der Waals surface area contributed by atoms with Crippen LogP contribution in [0.4, 0.5) is 0 Å². The van der Waals surface area contributed by atoms with Crippen molar-refractivity contribution in [1.29, 1.82) is 0 Å². The van der Waals surface area contributed by atoms with Crippen LogP contribution in [0.3, 0.4) is 0 Å². The van der Waals surface area contributed by atoms with Gasteiger partial charge in [0.1, 0.15) is 0 Å². The average Bonchev–Trinajstić information content (AvgIpc) is 2.50. The Balaban J connectivity index is 2.25. The molecular weight excluding hydrogens is 262 g/mol. The Morgan fingerprint density at radius 2 is 2.00 bits per heavy atom. The Labute approximate surface area is 126 Å². The molecule has 0 fully saturated rings. The zero-order valence-corrected chi connectivity index (χ0v) is 12.8. The molecule has 2 rings (SSSR count). The number of benzene rings is 1. The Kier molecular flexibility index (Phi) is 5.32. The average molecular weight is 285 g/mol. The minimum atomic E-state index is -0.881. The fourth-order valence-electron chi connectivity index (χ4n) is 2.65. The van der Waals surface area contributed by atoms with E-state index >= 15 is 0 Å². The molecule has 0 aliphatic carbocycles. The van der Waals surface area contributed by atoms with Crippen LogP contribution in [-0.4, -0.2) is 16.1 Å². The normalized spacial score (nSPS) is 12.5. The summed E-state index contributed by atoms with van der Waals surface area (Å²) in [4.78, 5) is 16.1. The number of rotatable bonds is 7. The number of aromatic nitrogens is 1. The van der Waals surface area contributed by atoms with Crippen molar-refractivity contribution in [3.05, 3.63) is 41.6 Å². The lowest BCUT2D eigenvalue weighted by Crippen LogP contribution is -2.04. The molecule has 1 unspecified atom stereocenters. The number of nitrogens with zero attached hydrogens (tertiary/aromatic N) is 1. The number of carbonyl (C=O) groups is 1. The smallest absolute Gasteiger partial charge is 0.336 e. The predicted octanol–water partition coefficient (Wildman–Crippen LogP) is 5.01. The molecule has 112 valence electrons. The first-order valence-electron chi connectivity index (χ1n) is 7.76. The maximum atomic E-state index is 11.5. The summed E-state index contributed by atoms with van der Waals surface area (Å²) in [6, 6.07) is 9.20. The van der Waals surface area contributed by atoms with Gasteiger partial charge in [0, 0.05) is 11.1 Å². The molecule has 3 nitrogen and oxygen atoms in total. The van der Waals surface area contributed by atoms with Gasteiger partial charge in [0.25, 0.3) is 0 Å². The standard InChI is InChI=1S/C18H23NO2/c1-3-4-5-6-9-13(2)17-12-15(18(20)21)14-10-7-8-11-16(14)19-17/h7-8,10-13H,3-6,9H2,1-2H3,(H,20,21). The second-order valence-corrected chi connectivity index (χ2v) is 5.67. The molecule has 3 heteroatoms. The first kappa shape index (κ1) is 15.5. The van der Waals surface area contributed by atoms with E-state index in [-0.39, 0.29) is 0 Å². The molecule has 0 saturated heterocycles. The Hall–Kier alpha value is -1.90. The van der Waals surface area contributed by atoms with E-state index in [4.69, 9.17) is 0 Å². The molecule has 0 amide bonds. The van der Waals surface area contributed by atoms with Gasteiger partial charge in [-0.3, -0.25) is 4.98 Å². The van der Waals surface area contributed by atoms with Gasteiger partial charge in [0.05, 0.1) is 11.1 Å². The highest BCUT2D eigenvalue weighted by Gasteiger charge is 2.15. The minimum absolute atomic E-state index is 0.296. The lowest BCUT2D eigenvalue weighted by atomic mass is 9.96. The van der Waals surface area contributed by atoms with Gasteiger partial charge in [0.15, 0.2) is 0 Å². The van der Waals surface area contributed by atoms with E-state index in [1.807, 2.05) is 24.3 Å². The monoisotopic (exact) mass is 285 g/mol. The zero-order chi connectivity index (χ0) is 15.2. The van der Waals surface area contributed by atoms with Crippen LogP contribution < -0.4 is 0 Å². The van der Waals surface area contributed by atoms with E-state index in [1.165, 1.54) is 25.7 Å². The number of unbranched alkanes of at least 4 members (excludes halogenated alkanes) is 3. The molecule has 0 aliphatic rings. The number of fused-ring (bicyclic) bond motifs is 1. The lowest BCUT2D eigenvalue weighted by molar-refractivity contribution is 0.0699. The van der Waals surface area contributed by atoms with E-state index in [0.717, 1.165) is 17.6 Å². The van der Waals surface area contributed by atoms with Crippen LogP contribution in [0.1, 0.15) is 67.9 Å². The van der Waals surface area contributed by atoms with E-state index in [1.54, 1.807) is 6.07 Å². The molecule has 0 radical (unpaired) electrons. The summed E-state index contributed by atoms with van der Waals surface area (Å²) in [5.41, 5.74) is 2.02. The number of carboxylic acid groups (broad SMARTS) is 1. The molecule has 1 heterocycles. The fraction of sp³-hybridized carbons (Fsp3) is 0.444. The number of carboxylic acids is 1. The van der Waals surface area contributed by atoms with E-state index in [9.17, 15) is 9.90 Å². The molecule has 1 aromatic carbocycles. The molecule has 0 bridgehead atoms. The largest absolute Gasteiger partial charge is 0.478 e. The summed E-state index contributed by atoms with van der Waals surface area (Å²) in [6.07, 6.45) is 5.96. The van der Waals surface area contributed by atoms with Crippen molar-refractivity contribution in [1.82, 2.24) is 4.98 Å². The number of hydrogen-bond acceptors (Lipinski definition) is 2. The predicted molar refractivity (Wildman–Crippen MR) is 85.9 cm³/mol. The van der Waals surface area contributed by atoms with Crippen molar-refractivity contribution in [3.63, 3.8) is 0 Å². The maximum absolute atomic E-state index is 11.5. The van der Waals surface area contributed by atoms with Crippen LogP contribution in [0.15, 0.2) is 30.3 Å². The van der Waals surface area contributed by atoms with E-state index in [2.05, 4.69) is 18.8 Å². The molecule has 1 N–H and O–H groups in total. The summed E-state index contributed by atoms with van der Waals surface area (Å²) in [7, 11) is 0. The SMILES string of the molecule is CCCCCCC(C)c1cc(C(=O)O)c2ccccc2n1. The number of pyridine rings is 1. The van der Waals surface area contributed by atoms with Crippen LogP contribution in [0.5, 0.6) is 0 Å². The van der Waals surface area contributed by atoms with Crippen molar-refractivity contribution in [2.75, 3.05) is 0 Å². The third-order valence-corrected chi connectivity index (χ3v) is 3.96.